The van der Waals surface area contributed by atoms with E-state index < -0.39 is 0 Å². The van der Waals surface area contributed by atoms with Gasteiger partial charge in [0.15, 0.2) is 0 Å². The van der Waals surface area contributed by atoms with E-state index in [1.54, 1.807) is 0 Å². The van der Waals surface area contributed by atoms with Crippen LogP contribution >= 0.6 is 0 Å². The van der Waals surface area contributed by atoms with Gasteiger partial charge < -0.3 is 30.3 Å². The summed E-state index contributed by atoms with van der Waals surface area (Å²) in [6, 6.07) is 18.5. The third-order valence-corrected chi connectivity index (χ3v) is 2.36. The van der Waals surface area contributed by atoms with Crippen LogP contribution in [0.4, 0.5) is 0 Å². The van der Waals surface area contributed by atoms with E-state index in [2.05, 4.69) is 42.5 Å². The number of hydrogen-bond donors (Lipinski definition) is 0. The molecule has 1 aliphatic carbocycles. The van der Waals surface area contributed by atoms with Crippen LogP contribution in [0.15, 0.2) is 72.8 Å². The molecule has 1 heteroatoms. The van der Waals surface area contributed by atoms with Crippen molar-refractivity contribution in [2.45, 2.75) is 6.42 Å². The minimum atomic E-state index is 0. The van der Waals surface area contributed by atoms with Gasteiger partial charge in [-0.15, -0.1) is 35.4 Å². The van der Waals surface area contributed by atoms with Gasteiger partial charge in [-0.3, -0.25) is 0 Å². The molecule has 0 radical (unpaired) electrons. The van der Waals surface area contributed by atoms with Crippen LogP contribution in [-0.4, -0.2) is 0 Å². The Morgan fingerprint density at radius 3 is 1.94 bits per heavy atom. The Labute approximate surface area is 112 Å². The van der Waals surface area contributed by atoms with Crippen LogP contribution in [0.2, 0.25) is 0 Å². The van der Waals surface area contributed by atoms with Gasteiger partial charge in [-0.1, -0.05) is 6.08 Å². The zero-order valence-corrected chi connectivity index (χ0v) is 10.7. The first-order chi connectivity index (χ1) is 7.47. The maximum atomic E-state index is 2.18. The van der Waals surface area contributed by atoms with Crippen molar-refractivity contribution in [1.82, 2.24) is 0 Å². The number of allylic oxidation sites excluding steroid dienone is 4. The van der Waals surface area contributed by atoms with Gasteiger partial charge in [-0.25, -0.2) is 0 Å². The second-order valence-electron chi connectivity index (χ2n) is 3.46. The van der Waals surface area contributed by atoms with Crippen molar-refractivity contribution in [2.75, 3.05) is 0 Å². The van der Waals surface area contributed by atoms with Gasteiger partial charge in [0.1, 0.15) is 0 Å². The zero-order valence-electron chi connectivity index (χ0n) is 9.14. The van der Waals surface area contributed by atoms with E-state index in [0.717, 1.165) is 6.42 Å². The monoisotopic (exact) mass is 242 g/mol. The summed E-state index contributed by atoms with van der Waals surface area (Å²) in [7, 11) is 0. The molecule has 1 aliphatic rings. The van der Waals surface area contributed by atoms with Crippen LogP contribution in [0.25, 0.3) is 5.57 Å². The molecule has 0 aliphatic heterocycles. The third-order valence-electron chi connectivity index (χ3n) is 2.36. The molecule has 0 unspecified atom stereocenters. The average molecular weight is 242 g/mol. The molecule has 0 saturated carbocycles. The van der Waals surface area contributed by atoms with Crippen LogP contribution in [0, 0.1) is 0 Å². The Hall–Kier alpha value is -1.11. The Kier molecular flexibility index (Phi) is 5.84. The summed E-state index contributed by atoms with van der Waals surface area (Å²) in [5.74, 6) is 0. The van der Waals surface area contributed by atoms with E-state index in [4.69, 9.17) is 0 Å². The van der Waals surface area contributed by atoms with Crippen LogP contribution < -0.4 is 0 Å². The summed E-state index contributed by atoms with van der Waals surface area (Å²) in [6.07, 6.45) is 7.57. The summed E-state index contributed by atoms with van der Waals surface area (Å²) in [6.45, 7) is 0. The van der Waals surface area contributed by atoms with E-state index in [9.17, 15) is 0 Å². The molecular weight excluding hydrogens is 228 g/mol. The van der Waals surface area contributed by atoms with Crippen molar-refractivity contribution in [3.05, 3.63) is 78.4 Å². The molecule has 0 bridgehead atoms. The topological polar surface area (TPSA) is 0 Å². The van der Waals surface area contributed by atoms with Gasteiger partial charge in [-0.2, -0.15) is 12.1 Å². The molecule has 0 saturated heterocycles. The van der Waals surface area contributed by atoms with Crippen molar-refractivity contribution >= 4 is 5.57 Å². The van der Waals surface area contributed by atoms with E-state index >= 15 is 0 Å². The Bertz CT molecular complexity index is 399. The number of hydrogen-bond acceptors (Lipinski definition) is 0. The summed E-state index contributed by atoms with van der Waals surface area (Å²) in [5.41, 5.74) is 2.80. The Balaban J connectivity index is 0.000000183. The predicted molar refractivity (Wildman–Crippen MR) is 65.8 cm³/mol. The smallest absolute Gasteiger partial charge is 0 e. The van der Waals surface area contributed by atoms with Gasteiger partial charge in [0.25, 0.3) is 0 Å². The number of rotatable bonds is 1. The predicted octanol–water partition coefficient (Wildman–Crippen LogP) is 4.15. The molecule has 16 heavy (non-hydrogen) atoms. The molecule has 0 amide bonds. The molecule has 3 rings (SSSR count). The van der Waals surface area contributed by atoms with Crippen LogP contribution in [0.1, 0.15) is 12.0 Å². The van der Waals surface area contributed by atoms with Crippen molar-refractivity contribution < 1.29 is 21.7 Å². The van der Waals surface area contributed by atoms with Gasteiger partial charge >= 0.3 is 0 Å². The maximum Gasteiger partial charge on any atom is 0 e. The van der Waals surface area contributed by atoms with E-state index in [1.807, 2.05) is 30.3 Å². The normalized spacial score (nSPS) is 12.4. The first-order valence-corrected chi connectivity index (χ1v) is 5.21. The molecular formula is C15H14Ti-6. The summed E-state index contributed by atoms with van der Waals surface area (Å²) < 4.78 is 0. The molecule has 0 heterocycles. The molecule has 0 atom stereocenters. The minimum absolute atomic E-state index is 0. The minimum Gasteiger partial charge on any atom is -0.748 e. The van der Waals surface area contributed by atoms with Crippen molar-refractivity contribution in [3.63, 3.8) is 0 Å². The van der Waals surface area contributed by atoms with Crippen LogP contribution in [0.3, 0.4) is 0 Å². The maximum absolute atomic E-state index is 2.18. The van der Waals surface area contributed by atoms with E-state index in [1.165, 1.54) is 11.1 Å². The molecule has 0 nitrogen and oxygen atoms in total. The fourth-order valence-corrected chi connectivity index (χ4v) is 1.57. The van der Waals surface area contributed by atoms with E-state index in [0.29, 0.717) is 0 Å². The molecule has 84 valence electrons. The van der Waals surface area contributed by atoms with E-state index in [-0.39, 0.29) is 21.7 Å². The molecule has 0 fully saturated rings. The SMILES string of the molecule is C1=CCC([c-]2cccc2)=C1.[Ti].[cH-]1[cH-][cH-][cH-][cH-]1. The quantitative estimate of drug-likeness (QED) is 0.520. The Morgan fingerprint density at radius 2 is 1.50 bits per heavy atom. The van der Waals surface area contributed by atoms with Gasteiger partial charge in [0.2, 0.25) is 0 Å². The third kappa shape index (κ3) is 3.81. The standard InChI is InChI=1S/C10H9.C5H5.Ti/c1-2-6-9(5-1)10-7-3-4-8-10;1-2-4-5-3-1;/h1-7H,8H2;1-5H;/q-1;-5;. The van der Waals surface area contributed by atoms with Crippen LogP contribution in [-0.2, 0) is 21.7 Å². The average Bonchev–Trinajstić information content (AvgIpc) is 3.06. The first-order valence-electron chi connectivity index (χ1n) is 5.21. The first kappa shape index (κ1) is 13.0. The zero-order chi connectivity index (χ0) is 10.3. The fourth-order valence-electron chi connectivity index (χ4n) is 1.57. The molecule has 2 aromatic carbocycles. The van der Waals surface area contributed by atoms with Gasteiger partial charge in [0.05, 0.1) is 0 Å². The second kappa shape index (κ2) is 7.21. The summed E-state index contributed by atoms with van der Waals surface area (Å²) in [5, 5.41) is 0. The van der Waals surface area contributed by atoms with Gasteiger partial charge in [-0.05, 0) is 6.42 Å². The largest absolute Gasteiger partial charge is 0.748 e. The molecule has 2 aromatic rings. The molecule has 0 aromatic heterocycles. The van der Waals surface area contributed by atoms with Crippen LogP contribution in [0.5, 0.6) is 0 Å². The summed E-state index contributed by atoms with van der Waals surface area (Å²) >= 11 is 0. The van der Waals surface area contributed by atoms with Gasteiger partial charge in [0, 0.05) is 21.7 Å². The van der Waals surface area contributed by atoms with Crippen molar-refractivity contribution in [1.29, 1.82) is 0 Å². The van der Waals surface area contributed by atoms with Crippen molar-refractivity contribution in [3.8, 4) is 0 Å². The molecule has 0 spiro atoms. The Morgan fingerprint density at radius 1 is 0.938 bits per heavy atom. The molecule has 0 N–H and O–H groups in total. The van der Waals surface area contributed by atoms with Crippen molar-refractivity contribution in [2.24, 2.45) is 0 Å². The second-order valence-corrected chi connectivity index (χ2v) is 3.46. The fraction of sp³-hybridized carbons (Fsp3) is 0.0667. The summed E-state index contributed by atoms with van der Waals surface area (Å²) in [4.78, 5) is 0.